The largest absolute Gasteiger partial charge is 0.478 e. The molecule has 5 heteroatoms. The summed E-state index contributed by atoms with van der Waals surface area (Å²) in [7, 11) is 0. The number of halogens is 1. The lowest BCUT2D eigenvalue weighted by Gasteiger charge is -2.07. The number of carboxylic acid groups (broad SMARTS) is 1. The maximum atomic E-state index is 13.5. The summed E-state index contributed by atoms with van der Waals surface area (Å²) in [6, 6.07) is 4.51. The van der Waals surface area contributed by atoms with Crippen molar-refractivity contribution in [3.8, 4) is 0 Å². The number of ether oxygens (including phenoxy) is 1. The van der Waals surface area contributed by atoms with E-state index in [1.807, 2.05) is 0 Å². The van der Waals surface area contributed by atoms with Crippen LogP contribution in [-0.2, 0) is 14.3 Å². The second-order valence-electron chi connectivity index (χ2n) is 4.95. The normalized spacial score (nSPS) is 11.1. The van der Waals surface area contributed by atoms with Gasteiger partial charge in [-0.1, -0.05) is 18.7 Å². The summed E-state index contributed by atoms with van der Waals surface area (Å²) in [5.74, 6) is -1.95. The highest BCUT2D eigenvalue weighted by Gasteiger charge is 2.10. The molecule has 4 nitrogen and oxygen atoms in total. The van der Waals surface area contributed by atoms with Gasteiger partial charge < -0.3 is 9.84 Å². The van der Waals surface area contributed by atoms with Crippen LogP contribution in [0.5, 0.6) is 0 Å². The maximum absolute atomic E-state index is 13.5. The van der Waals surface area contributed by atoms with Gasteiger partial charge in [-0.3, -0.25) is 0 Å². The number of benzene rings is 1. The lowest BCUT2D eigenvalue weighted by atomic mass is 10.0. The maximum Gasteiger partial charge on any atom is 0.333 e. The molecule has 0 atom stereocenters. The Kier molecular flexibility index (Phi) is 6.50. The average molecular weight is 306 g/mol. The van der Waals surface area contributed by atoms with Crippen LogP contribution in [0.4, 0.5) is 4.39 Å². The zero-order chi connectivity index (χ0) is 16.7. The quantitative estimate of drug-likeness (QED) is 0.476. The molecule has 0 saturated carbocycles. The standard InChI is InChI=1S/C17H19FO4/c1-11(2)17(21)22-9-5-7-14(16(19)20)10-13-6-4-8-15(18)12(13)3/h4,6,8,10H,1,5,7,9H2,2-3H3,(H,19,20). The predicted molar refractivity (Wildman–Crippen MR) is 81.8 cm³/mol. The van der Waals surface area contributed by atoms with Gasteiger partial charge in [0.25, 0.3) is 0 Å². The fourth-order valence-corrected chi connectivity index (χ4v) is 1.76. The first-order valence-electron chi connectivity index (χ1n) is 6.84. The van der Waals surface area contributed by atoms with Crippen LogP contribution in [0.15, 0.2) is 35.9 Å². The van der Waals surface area contributed by atoms with Crippen LogP contribution in [0, 0.1) is 12.7 Å². The SMILES string of the molecule is C=C(C)C(=O)OCCCC(=Cc1cccc(F)c1C)C(=O)O. The van der Waals surface area contributed by atoms with Gasteiger partial charge in [-0.05, 0) is 50.0 Å². The molecule has 0 aliphatic heterocycles. The fourth-order valence-electron chi connectivity index (χ4n) is 1.76. The molecule has 0 aromatic heterocycles. The van der Waals surface area contributed by atoms with Crippen molar-refractivity contribution in [1.82, 2.24) is 0 Å². The molecule has 0 heterocycles. The molecule has 118 valence electrons. The molecule has 0 aliphatic carbocycles. The summed E-state index contributed by atoms with van der Waals surface area (Å²) < 4.78 is 18.4. The number of aliphatic carboxylic acids is 1. The lowest BCUT2D eigenvalue weighted by Crippen LogP contribution is -2.08. The number of hydrogen-bond donors (Lipinski definition) is 1. The smallest absolute Gasteiger partial charge is 0.333 e. The fraction of sp³-hybridized carbons (Fsp3) is 0.294. The molecule has 1 rings (SSSR count). The van der Waals surface area contributed by atoms with Gasteiger partial charge in [-0.25, -0.2) is 14.0 Å². The molecular formula is C17H19FO4. The Morgan fingerprint density at radius 2 is 2.09 bits per heavy atom. The van der Waals surface area contributed by atoms with Crippen molar-refractivity contribution in [1.29, 1.82) is 0 Å². The molecule has 0 aliphatic rings. The van der Waals surface area contributed by atoms with E-state index in [9.17, 15) is 19.1 Å². The van der Waals surface area contributed by atoms with E-state index in [1.165, 1.54) is 25.1 Å². The van der Waals surface area contributed by atoms with Crippen molar-refractivity contribution in [3.05, 3.63) is 52.9 Å². The molecule has 0 bridgehead atoms. The van der Waals surface area contributed by atoms with Gasteiger partial charge in [-0.15, -0.1) is 0 Å². The third kappa shape index (κ3) is 5.16. The molecule has 1 aromatic rings. The summed E-state index contributed by atoms with van der Waals surface area (Å²) >= 11 is 0. The Morgan fingerprint density at radius 3 is 2.68 bits per heavy atom. The van der Waals surface area contributed by atoms with Crippen LogP contribution in [-0.4, -0.2) is 23.7 Å². The lowest BCUT2D eigenvalue weighted by molar-refractivity contribution is -0.139. The van der Waals surface area contributed by atoms with Crippen LogP contribution >= 0.6 is 0 Å². The minimum atomic E-state index is -1.07. The monoisotopic (exact) mass is 306 g/mol. The van der Waals surface area contributed by atoms with Gasteiger partial charge >= 0.3 is 11.9 Å². The van der Waals surface area contributed by atoms with Crippen molar-refractivity contribution >= 4 is 18.0 Å². The van der Waals surface area contributed by atoms with Gasteiger partial charge in [-0.2, -0.15) is 0 Å². The van der Waals surface area contributed by atoms with E-state index in [2.05, 4.69) is 6.58 Å². The minimum Gasteiger partial charge on any atom is -0.478 e. The number of carbonyl (C=O) groups excluding carboxylic acids is 1. The molecular weight excluding hydrogens is 287 g/mol. The predicted octanol–water partition coefficient (Wildman–Crippen LogP) is 3.50. The summed E-state index contributed by atoms with van der Waals surface area (Å²) in [6.07, 6.45) is 2.03. The van der Waals surface area contributed by atoms with E-state index >= 15 is 0 Å². The van der Waals surface area contributed by atoms with Gasteiger partial charge in [0.1, 0.15) is 5.82 Å². The van der Waals surface area contributed by atoms with Gasteiger partial charge in [0.05, 0.1) is 6.61 Å². The summed E-state index contributed by atoms with van der Waals surface area (Å²) in [6.45, 7) is 6.70. The summed E-state index contributed by atoms with van der Waals surface area (Å²) in [5, 5.41) is 9.21. The third-order valence-electron chi connectivity index (χ3n) is 3.09. The molecule has 1 aromatic carbocycles. The highest BCUT2D eigenvalue weighted by Crippen LogP contribution is 2.18. The van der Waals surface area contributed by atoms with Crippen LogP contribution < -0.4 is 0 Å². The molecule has 0 fully saturated rings. The molecule has 0 amide bonds. The van der Waals surface area contributed by atoms with Crippen molar-refractivity contribution in [2.24, 2.45) is 0 Å². The second-order valence-corrected chi connectivity index (χ2v) is 4.95. The van der Waals surface area contributed by atoms with Crippen molar-refractivity contribution in [2.45, 2.75) is 26.7 Å². The number of hydrogen-bond acceptors (Lipinski definition) is 3. The van der Waals surface area contributed by atoms with Crippen LogP contribution in [0.2, 0.25) is 0 Å². The number of carbonyl (C=O) groups is 2. The zero-order valence-corrected chi connectivity index (χ0v) is 12.7. The number of rotatable bonds is 7. The highest BCUT2D eigenvalue weighted by atomic mass is 19.1. The van der Waals surface area contributed by atoms with Crippen LogP contribution in [0.3, 0.4) is 0 Å². The van der Waals surface area contributed by atoms with Gasteiger partial charge in [0, 0.05) is 11.1 Å². The Bertz CT molecular complexity index is 617. The Hall–Kier alpha value is -2.43. The second kappa shape index (κ2) is 8.12. The van der Waals surface area contributed by atoms with E-state index in [-0.39, 0.29) is 24.4 Å². The first kappa shape index (κ1) is 17.6. The molecule has 0 saturated heterocycles. The Morgan fingerprint density at radius 1 is 1.41 bits per heavy atom. The van der Waals surface area contributed by atoms with Crippen molar-refractivity contribution in [3.63, 3.8) is 0 Å². The first-order chi connectivity index (χ1) is 10.3. The minimum absolute atomic E-state index is 0.110. The van der Waals surface area contributed by atoms with Crippen molar-refractivity contribution < 1.29 is 23.8 Å². The summed E-state index contributed by atoms with van der Waals surface area (Å²) in [5.41, 5.74) is 1.36. The average Bonchev–Trinajstić information content (AvgIpc) is 2.45. The molecule has 0 radical (unpaired) electrons. The first-order valence-corrected chi connectivity index (χ1v) is 6.84. The third-order valence-corrected chi connectivity index (χ3v) is 3.09. The molecule has 1 N–H and O–H groups in total. The van der Waals surface area contributed by atoms with Crippen molar-refractivity contribution in [2.75, 3.05) is 6.61 Å². The van der Waals surface area contributed by atoms with E-state index < -0.39 is 11.9 Å². The Labute approximate surface area is 128 Å². The zero-order valence-electron chi connectivity index (χ0n) is 12.7. The molecule has 0 unspecified atom stereocenters. The number of carboxylic acids is 1. The van der Waals surface area contributed by atoms with Crippen LogP contribution in [0.1, 0.15) is 30.9 Å². The number of esters is 1. The highest BCUT2D eigenvalue weighted by molar-refractivity contribution is 5.92. The molecule has 22 heavy (non-hydrogen) atoms. The van der Waals surface area contributed by atoms with Crippen LogP contribution in [0.25, 0.3) is 6.08 Å². The van der Waals surface area contributed by atoms with E-state index in [4.69, 9.17) is 4.74 Å². The van der Waals surface area contributed by atoms with Gasteiger partial charge in [0.15, 0.2) is 0 Å². The van der Waals surface area contributed by atoms with E-state index in [0.29, 0.717) is 23.1 Å². The Balaban J connectivity index is 2.72. The molecule has 0 spiro atoms. The van der Waals surface area contributed by atoms with E-state index in [0.717, 1.165) is 0 Å². The topological polar surface area (TPSA) is 63.6 Å². The van der Waals surface area contributed by atoms with E-state index in [1.54, 1.807) is 13.0 Å². The summed E-state index contributed by atoms with van der Waals surface area (Å²) in [4.78, 5) is 22.5. The van der Waals surface area contributed by atoms with Gasteiger partial charge in [0.2, 0.25) is 0 Å².